The molecule has 3 aliphatic rings. The van der Waals surface area contributed by atoms with Gasteiger partial charge in [0, 0.05) is 72.2 Å². The number of H-pyrrole nitrogens is 1. The summed E-state index contributed by atoms with van der Waals surface area (Å²) in [6.07, 6.45) is 9.31. The number of hydrogen-bond acceptors (Lipinski definition) is 9. The number of anilines is 1. The fourth-order valence-electron chi connectivity index (χ4n) is 6.07. The minimum Gasteiger partial charge on any atom is -0.436 e. The molecule has 3 saturated heterocycles. The molecule has 0 saturated carbocycles. The molecule has 12 heteroatoms. The highest BCUT2D eigenvalue weighted by Crippen LogP contribution is 2.32. The SMILES string of the molecule is Clc1cc(Cl)cc(-c2cc(CN3CCC(c4cnc[nH]4)CC3)cc(Oc3cnc(N4CCN(C5COC5)CC4)nc3)n2)c1. The predicted molar refractivity (Wildman–Crippen MR) is 166 cm³/mol. The number of ether oxygens (including phenoxy) is 2. The number of pyridine rings is 1. The standard InChI is InChI=1S/C31H34Cl2N8O2/c32-24-11-23(12-25(33)13-24)28-9-21(17-39-3-1-22(2-4-39)29-16-34-20-37-29)10-30(38-28)43-27-14-35-31(36-15-27)41-7-5-40(6-8-41)26-18-42-19-26/h9-16,20,22,26H,1-8,17-19H2,(H,34,37). The van der Waals surface area contributed by atoms with Crippen LogP contribution in [-0.4, -0.2) is 93.2 Å². The lowest BCUT2D eigenvalue weighted by Crippen LogP contribution is -2.56. The van der Waals surface area contributed by atoms with Crippen molar-refractivity contribution in [1.29, 1.82) is 0 Å². The van der Waals surface area contributed by atoms with E-state index in [0.29, 0.717) is 39.6 Å². The molecule has 10 nitrogen and oxygen atoms in total. The quantitative estimate of drug-likeness (QED) is 0.283. The first-order chi connectivity index (χ1) is 21.1. The second-order valence-electron chi connectivity index (χ2n) is 11.4. The summed E-state index contributed by atoms with van der Waals surface area (Å²) < 4.78 is 11.6. The van der Waals surface area contributed by atoms with Gasteiger partial charge in [-0.2, -0.15) is 0 Å². The Balaban J connectivity index is 1.06. The van der Waals surface area contributed by atoms with Gasteiger partial charge in [-0.1, -0.05) is 23.2 Å². The van der Waals surface area contributed by atoms with Crippen LogP contribution in [0.2, 0.25) is 10.0 Å². The van der Waals surface area contributed by atoms with Gasteiger partial charge < -0.3 is 19.4 Å². The van der Waals surface area contributed by atoms with Gasteiger partial charge in [-0.15, -0.1) is 0 Å². The van der Waals surface area contributed by atoms with E-state index in [1.807, 2.05) is 24.4 Å². The number of nitrogens with zero attached hydrogens (tertiary/aromatic N) is 7. The van der Waals surface area contributed by atoms with Crippen molar-refractivity contribution < 1.29 is 9.47 Å². The number of likely N-dealkylation sites (tertiary alicyclic amines) is 1. The van der Waals surface area contributed by atoms with Crippen LogP contribution < -0.4 is 9.64 Å². The maximum Gasteiger partial charge on any atom is 0.225 e. The van der Waals surface area contributed by atoms with Crippen LogP contribution in [-0.2, 0) is 11.3 Å². The van der Waals surface area contributed by atoms with E-state index in [1.165, 1.54) is 5.69 Å². The molecule has 3 aliphatic heterocycles. The Labute approximate surface area is 261 Å². The molecule has 0 aliphatic carbocycles. The molecule has 0 atom stereocenters. The molecule has 0 radical (unpaired) electrons. The van der Waals surface area contributed by atoms with Crippen molar-refractivity contribution in [2.45, 2.75) is 31.3 Å². The lowest BCUT2D eigenvalue weighted by atomic mass is 9.94. The van der Waals surface area contributed by atoms with Crippen LogP contribution in [0.3, 0.4) is 0 Å². The van der Waals surface area contributed by atoms with Crippen molar-refractivity contribution in [2.75, 3.05) is 57.4 Å². The summed E-state index contributed by atoms with van der Waals surface area (Å²) in [6.45, 7) is 8.23. The average molecular weight is 622 g/mol. The van der Waals surface area contributed by atoms with E-state index in [0.717, 1.165) is 88.7 Å². The van der Waals surface area contributed by atoms with Gasteiger partial charge in [0.1, 0.15) is 0 Å². The summed E-state index contributed by atoms with van der Waals surface area (Å²) in [7, 11) is 0. The Hall–Kier alpha value is -3.28. The van der Waals surface area contributed by atoms with Gasteiger partial charge >= 0.3 is 0 Å². The van der Waals surface area contributed by atoms with Gasteiger partial charge in [-0.25, -0.2) is 19.9 Å². The first-order valence-electron chi connectivity index (χ1n) is 14.8. The molecule has 43 heavy (non-hydrogen) atoms. The first-order valence-corrected chi connectivity index (χ1v) is 15.6. The van der Waals surface area contributed by atoms with Crippen molar-refractivity contribution in [3.8, 4) is 22.9 Å². The molecule has 0 bridgehead atoms. The molecule has 0 spiro atoms. The Morgan fingerprint density at radius 3 is 2.28 bits per heavy atom. The van der Waals surface area contributed by atoms with Crippen LogP contribution >= 0.6 is 23.2 Å². The summed E-state index contributed by atoms with van der Waals surface area (Å²) in [6, 6.07) is 10.1. The Morgan fingerprint density at radius 2 is 1.63 bits per heavy atom. The first kappa shape index (κ1) is 28.5. The highest BCUT2D eigenvalue weighted by atomic mass is 35.5. The number of halogens is 2. The van der Waals surface area contributed by atoms with Crippen LogP contribution in [0, 0.1) is 0 Å². The third-order valence-electron chi connectivity index (χ3n) is 8.54. The number of nitrogens with one attached hydrogen (secondary N) is 1. The summed E-state index contributed by atoms with van der Waals surface area (Å²) in [4.78, 5) is 28.7. The number of hydrogen-bond donors (Lipinski definition) is 1. The number of imidazole rings is 1. The summed E-state index contributed by atoms with van der Waals surface area (Å²) >= 11 is 12.7. The summed E-state index contributed by atoms with van der Waals surface area (Å²) in [5, 5.41) is 1.12. The highest BCUT2D eigenvalue weighted by molar-refractivity contribution is 6.35. The van der Waals surface area contributed by atoms with Crippen molar-refractivity contribution in [2.24, 2.45) is 0 Å². The van der Waals surface area contributed by atoms with Crippen LogP contribution in [0.1, 0.15) is 30.0 Å². The van der Waals surface area contributed by atoms with Crippen LogP contribution in [0.25, 0.3) is 11.3 Å². The smallest absolute Gasteiger partial charge is 0.225 e. The van der Waals surface area contributed by atoms with Crippen LogP contribution in [0.15, 0.2) is 55.2 Å². The number of piperazine rings is 1. The third kappa shape index (κ3) is 6.78. The fourth-order valence-corrected chi connectivity index (χ4v) is 6.60. The van der Waals surface area contributed by atoms with Gasteiger partial charge in [0.25, 0.3) is 0 Å². The van der Waals surface area contributed by atoms with E-state index in [1.54, 1.807) is 24.8 Å². The molecule has 3 aromatic heterocycles. The number of aromatic amines is 1. The number of benzene rings is 1. The topological polar surface area (TPSA) is 95.5 Å². The second kappa shape index (κ2) is 12.8. The molecular formula is C31H34Cl2N8O2. The largest absolute Gasteiger partial charge is 0.436 e. The maximum absolute atomic E-state index is 6.35. The maximum atomic E-state index is 6.35. The number of rotatable bonds is 8. The zero-order valence-corrected chi connectivity index (χ0v) is 25.3. The van der Waals surface area contributed by atoms with E-state index >= 15 is 0 Å². The number of aromatic nitrogens is 5. The zero-order valence-electron chi connectivity index (χ0n) is 23.8. The van der Waals surface area contributed by atoms with E-state index in [-0.39, 0.29) is 0 Å². The molecule has 7 rings (SSSR count). The van der Waals surface area contributed by atoms with E-state index in [4.69, 9.17) is 37.7 Å². The minimum atomic E-state index is 0.476. The Bertz CT molecular complexity index is 1500. The van der Waals surface area contributed by atoms with Crippen molar-refractivity contribution in [3.05, 3.63) is 76.6 Å². The van der Waals surface area contributed by atoms with Crippen molar-refractivity contribution >= 4 is 29.2 Å². The van der Waals surface area contributed by atoms with Crippen molar-refractivity contribution in [3.63, 3.8) is 0 Å². The molecule has 3 fully saturated rings. The minimum absolute atomic E-state index is 0.476. The molecular weight excluding hydrogens is 587 g/mol. The predicted octanol–water partition coefficient (Wildman–Crippen LogP) is 5.26. The van der Waals surface area contributed by atoms with Gasteiger partial charge in [-0.3, -0.25) is 9.80 Å². The van der Waals surface area contributed by atoms with Gasteiger partial charge in [0.2, 0.25) is 11.8 Å². The molecule has 4 aromatic rings. The highest BCUT2D eigenvalue weighted by Gasteiger charge is 2.29. The Kier molecular flexibility index (Phi) is 8.45. The monoisotopic (exact) mass is 620 g/mol. The third-order valence-corrected chi connectivity index (χ3v) is 8.98. The zero-order chi connectivity index (χ0) is 29.2. The summed E-state index contributed by atoms with van der Waals surface area (Å²) in [5.41, 5.74) is 3.90. The van der Waals surface area contributed by atoms with Crippen LogP contribution in [0.5, 0.6) is 11.6 Å². The average Bonchev–Trinajstić information content (AvgIpc) is 3.52. The molecule has 0 amide bonds. The molecule has 224 valence electrons. The normalized spacial score (nSPS) is 19.0. The van der Waals surface area contributed by atoms with Crippen LogP contribution in [0.4, 0.5) is 5.95 Å². The van der Waals surface area contributed by atoms with E-state index in [9.17, 15) is 0 Å². The lowest BCUT2D eigenvalue weighted by molar-refractivity contribution is -0.0661. The summed E-state index contributed by atoms with van der Waals surface area (Å²) in [5.74, 6) is 2.24. The Morgan fingerprint density at radius 1 is 0.884 bits per heavy atom. The van der Waals surface area contributed by atoms with Gasteiger partial charge in [0.05, 0.1) is 43.7 Å². The molecule has 1 N–H and O–H groups in total. The fraction of sp³-hybridized carbons (Fsp3) is 0.419. The van der Waals surface area contributed by atoms with Gasteiger partial charge in [0.15, 0.2) is 5.75 Å². The van der Waals surface area contributed by atoms with Gasteiger partial charge in [-0.05, 0) is 55.8 Å². The molecule has 0 unspecified atom stereocenters. The molecule has 1 aromatic carbocycles. The lowest BCUT2D eigenvalue weighted by Gasteiger charge is -2.42. The number of piperidine rings is 1. The second-order valence-corrected chi connectivity index (χ2v) is 12.3. The van der Waals surface area contributed by atoms with Crippen molar-refractivity contribution in [1.82, 2.24) is 34.7 Å². The van der Waals surface area contributed by atoms with E-state index in [2.05, 4.69) is 40.7 Å². The van der Waals surface area contributed by atoms with E-state index < -0.39 is 0 Å². The molecule has 6 heterocycles.